The number of allylic oxidation sites excluding steroid dienone is 4. The number of carbonyl (C=O) groups is 1. The van der Waals surface area contributed by atoms with Crippen LogP contribution in [0, 0.1) is 23.7 Å². The lowest BCUT2D eigenvalue weighted by molar-refractivity contribution is -0.300. The molecule has 2 N–H and O–H groups in total. The molecule has 0 radical (unpaired) electrons. The molecule has 1 unspecified atom stereocenters. The van der Waals surface area contributed by atoms with Crippen molar-refractivity contribution in [1.29, 1.82) is 0 Å². The number of hydrogen-bond acceptors (Lipinski definition) is 7. The van der Waals surface area contributed by atoms with Gasteiger partial charge in [-0.25, -0.2) is 0 Å². The molecular formula is C34H48O7. The maximum Gasteiger partial charge on any atom is 0.316 e. The fourth-order valence-electron chi connectivity index (χ4n) is 7.20. The minimum atomic E-state index is -1.70. The Labute approximate surface area is 245 Å². The van der Waals surface area contributed by atoms with E-state index in [1.54, 1.807) is 13.0 Å². The van der Waals surface area contributed by atoms with Gasteiger partial charge in [-0.2, -0.15) is 0 Å². The Bertz CT molecular complexity index is 1150. The highest BCUT2D eigenvalue weighted by molar-refractivity contribution is 5.78. The van der Waals surface area contributed by atoms with E-state index in [9.17, 15) is 15.0 Å². The molecule has 226 valence electrons. The van der Waals surface area contributed by atoms with Crippen molar-refractivity contribution in [3.63, 3.8) is 0 Å². The lowest BCUT2D eigenvalue weighted by atomic mass is 9.71. The van der Waals surface area contributed by atoms with Crippen LogP contribution in [0.2, 0.25) is 0 Å². The van der Waals surface area contributed by atoms with Crippen LogP contribution in [-0.2, 0) is 23.7 Å². The van der Waals surface area contributed by atoms with Crippen molar-refractivity contribution in [3.05, 3.63) is 59.3 Å². The summed E-state index contributed by atoms with van der Waals surface area (Å²) in [7, 11) is 0. The van der Waals surface area contributed by atoms with Crippen LogP contribution in [0.4, 0.5) is 0 Å². The predicted molar refractivity (Wildman–Crippen MR) is 157 cm³/mol. The first-order valence-electron chi connectivity index (χ1n) is 15.4. The lowest BCUT2D eigenvalue weighted by Gasteiger charge is -2.48. The van der Waals surface area contributed by atoms with E-state index in [-0.39, 0.29) is 30.7 Å². The molecule has 0 aromatic heterocycles. The quantitative estimate of drug-likeness (QED) is 0.343. The Balaban J connectivity index is 1.52. The summed E-state index contributed by atoms with van der Waals surface area (Å²) in [6, 6.07) is 0. The van der Waals surface area contributed by atoms with Gasteiger partial charge in [0.05, 0.1) is 18.8 Å². The van der Waals surface area contributed by atoms with Crippen molar-refractivity contribution in [2.24, 2.45) is 23.7 Å². The molecule has 1 spiro atoms. The summed E-state index contributed by atoms with van der Waals surface area (Å²) in [4.78, 5) is 13.9. The molecule has 2 bridgehead atoms. The molecule has 0 amide bonds. The molecule has 4 heterocycles. The molecule has 11 atom stereocenters. The molecule has 4 aliphatic heterocycles. The molecule has 41 heavy (non-hydrogen) atoms. The average Bonchev–Trinajstić information content (AvgIpc) is 3.27. The number of aliphatic hydroxyl groups excluding tert-OH is 1. The lowest BCUT2D eigenvalue weighted by Crippen LogP contribution is -2.58. The van der Waals surface area contributed by atoms with Crippen molar-refractivity contribution in [2.45, 2.75) is 116 Å². The third kappa shape index (κ3) is 5.94. The van der Waals surface area contributed by atoms with Crippen molar-refractivity contribution in [3.8, 4) is 0 Å². The van der Waals surface area contributed by atoms with E-state index in [2.05, 4.69) is 52.8 Å². The second kappa shape index (κ2) is 11.9. The number of fused-ring (bicyclic) bond motifs is 2. The van der Waals surface area contributed by atoms with Gasteiger partial charge in [-0.1, -0.05) is 76.1 Å². The van der Waals surface area contributed by atoms with Gasteiger partial charge in [-0.05, 0) is 55.7 Å². The molecule has 1 aliphatic carbocycles. The Hall–Kier alpha value is -2.03. The summed E-state index contributed by atoms with van der Waals surface area (Å²) in [5, 5.41) is 23.0. The van der Waals surface area contributed by atoms with Crippen LogP contribution in [0.3, 0.4) is 0 Å². The maximum atomic E-state index is 13.9. The Kier molecular flexibility index (Phi) is 8.85. The Morgan fingerprint density at radius 3 is 2.68 bits per heavy atom. The van der Waals surface area contributed by atoms with Gasteiger partial charge >= 0.3 is 5.97 Å². The zero-order chi connectivity index (χ0) is 29.5. The predicted octanol–water partition coefficient (Wildman–Crippen LogP) is 5.34. The topological polar surface area (TPSA) is 94.5 Å². The first kappa shape index (κ1) is 30.4. The third-order valence-corrected chi connectivity index (χ3v) is 9.79. The molecule has 0 saturated carbocycles. The molecule has 7 heteroatoms. The molecule has 5 aliphatic rings. The summed E-state index contributed by atoms with van der Waals surface area (Å²) in [5.74, 6) is -1.63. The van der Waals surface area contributed by atoms with E-state index in [1.807, 2.05) is 18.2 Å². The minimum Gasteiger partial charge on any atom is -0.462 e. The number of carbonyl (C=O) groups excluding carboxylic acids is 1. The van der Waals surface area contributed by atoms with E-state index in [1.165, 1.54) is 5.57 Å². The fourth-order valence-corrected chi connectivity index (χ4v) is 7.20. The SMILES string of the molecule is CCC(C)[C@H]1O[C@]2(C=C[C@@H]1C)C[C@@H]1C[C@@H](C/C=C(\C)C[C@@H](C)/C=C/C=C3\CO[C@@H]4[C@H](O)C(C)=C[C@@H](C(=O)O1)[C@]34O)O2. The largest absolute Gasteiger partial charge is 0.462 e. The van der Waals surface area contributed by atoms with Crippen molar-refractivity contribution < 1.29 is 34.0 Å². The fraction of sp³-hybridized carbons (Fsp3) is 0.676. The normalized spacial score (nSPS) is 47.3. The number of rotatable bonds is 2. The number of aliphatic hydroxyl groups is 2. The van der Waals surface area contributed by atoms with Gasteiger partial charge in [0, 0.05) is 18.8 Å². The number of ether oxygens (including phenoxy) is 4. The first-order valence-corrected chi connectivity index (χ1v) is 15.4. The van der Waals surface area contributed by atoms with Gasteiger partial charge < -0.3 is 29.2 Å². The third-order valence-electron chi connectivity index (χ3n) is 9.79. The summed E-state index contributed by atoms with van der Waals surface area (Å²) in [6.45, 7) is 12.7. The zero-order valence-corrected chi connectivity index (χ0v) is 25.4. The van der Waals surface area contributed by atoms with Crippen molar-refractivity contribution in [2.75, 3.05) is 6.61 Å². The van der Waals surface area contributed by atoms with Crippen molar-refractivity contribution >= 4 is 5.97 Å². The standard InChI is InChI=1S/C34H48O7/c1-7-22(4)30-23(5)13-14-33(41-30)18-27-17-26(40-33)12-11-21(3)15-20(2)9-8-10-25-19-38-31-29(35)24(6)16-28(32(36)39-27)34(25,31)37/h8-11,13-14,16,20,22-23,26-31,35,37H,7,12,15,17-19H2,1-6H3/b9-8+,21-11+,25-10+/t20-,22?,23-,26+,27-,28-,29+,30+,31+,33+,34+/m0/s1. The van der Waals surface area contributed by atoms with Crippen LogP contribution in [0.1, 0.15) is 73.6 Å². The van der Waals surface area contributed by atoms with Crippen LogP contribution >= 0.6 is 0 Å². The van der Waals surface area contributed by atoms with Crippen molar-refractivity contribution in [1.82, 2.24) is 0 Å². The molecular weight excluding hydrogens is 520 g/mol. The number of esters is 1. The van der Waals surface area contributed by atoms with Crippen LogP contribution in [0.5, 0.6) is 0 Å². The van der Waals surface area contributed by atoms with Gasteiger partial charge in [0.2, 0.25) is 0 Å². The van der Waals surface area contributed by atoms with Gasteiger partial charge in [-0.15, -0.1) is 0 Å². The molecule has 2 saturated heterocycles. The van der Waals surface area contributed by atoms with E-state index < -0.39 is 41.6 Å². The molecule has 7 nitrogen and oxygen atoms in total. The highest BCUT2D eigenvalue weighted by Crippen LogP contribution is 2.46. The Morgan fingerprint density at radius 2 is 1.93 bits per heavy atom. The highest BCUT2D eigenvalue weighted by Gasteiger charge is 2.60. The van der Waals surface area contributed by atoms with E-state index in [0.29, 0.717) is 36.3 Å². The monoisotopic (exact) mass is 568 g/mol. The molecule has 2 fully saturated rings. The van der Waals surface area contributed by atoms with Crippen LogP contribution in [0.15, 0.2) is 59.3 Å². The maximum absolute atomic E-state index is 13.9. The molecule has 0 aromatic rings. The minimum absolute atomic E-state index is 0.00177. The second-order valence-corrected chi connectivity index (χ2v) is 13.2. The summed E-state index contributed by atoms with van der Waals surface area (Å²) >= 11 is 0. The summed E-state index contributed by atoms with van der Waals surface area (Å²) < 4.78 is 25.6. The second-order valence-electron chi connectivity index (χ2n) is 13.2. The van der Waals surface area contributed by atoms with Crippen LogP contribution in [-0.4, -0.2) is 64.7 Å². The summed E-state index contributed by atoms with van der Waals surface area (Å²) in [6.07, 6.45) is 14.8. The van der Waals surface area contributed by atoms with Crippen LogP contribution < -0.4 is 0 Å². The van der Waals surface area contributed by atoms with E-state index >= 15 is 0 Å². The van der Waals surface area contributed by atoms with E-state index in [4.69, 9.17) is 18.9 Å². The highest BCUT2D eigenvalue weighted by atomic mass is 16.7. The average molecular weight is 569 g/mol. The van der Waals surface area contributed by atoms with Crippen LogP contribution in [0.25, 0.3) is 0 Å². The molecule has 0 aromatic carbocycles. The zero-order valence-electron chi connectivity index (χ0n) is 25.4. The van der Waals surface area contributed by atoms with E-state index in [0.717, 1.165) is 12.8 Å². The molecule has 5 rings (SSSR count). The van der Waals surface area contributed by atoms with Gasteiger partial charge in [0.15, 0.2) is 5.79 Å². The smallest absolute Gasteiger partial charge is 0.316 e. The first-order chi connectivity index (χ1) is 19.5. The van der Waals surface area contributed by atoms with Gasteiger partial charge in [0.25, 0.3) is 0 Å². The Morgan fingerprint density at radius 1 is 1.15 bits per heavy atom. The van der Waals surface area contributed by atoms with Gasteiger partial charge in [-0.3, -0.25) is 4.79 Å². The number of hydrogen-bond donors (Lipinski definition) is 2. The summed E-state index contributed by atoms with van der Waals surface area (Å²) in [5.41, 5.74) is 0.730. The van der Waals surface area contributed by atoms with Gasteiger partial charge in [0.1, 0.15) is 29.8 Å².